The molecule has 0 bridgehead atoms. The standard InChI is InChI=1S/C20H25N/c1-20(2,3)18-10-8-15(9-11-18)13-21-14-17-12-16-6-4-5-7-19(16)17/h4-11,17,21H,12-14H2,1-3H3. The minimum absolute atomic E-state index is 0.238. The third-order valence-corrected chi connectivity index (χ3v) is 4.50. The first-order valence-corrected chi connectivity index (χ1v) is 7.92. The molecule has 0 saturated carbocycles. The van der Waals surface area contributed by atoms with Crippen molar-refractivity contribution < 1.29 is 0 Å². The normalized spacial score (nSPS) is 17.2. The van der Waals surface area contributed by atoms with Crippen LogP contribution in [0.5, 0.6) is 0 Å². The molecule has 0 amide bonds. The highest BCUT2D eigenvalue weighted by molar-refractivity contribution is 5.40. The Morgan fingerprint density at radius 1 is 1.00 bits per heavy atom. The molecule has 0 heterocycles. The van der Waals surface area contributed by atoms with E-state index in [2.05, 4.69) is 74.6 Å². The second-order valence-corrected chi connectivity index (χ2v) is 7.18. The number of nitrogens with one attached hydrogen (secondary N) is 1. The van der Waals surface area contributed by atoms with Crippen LogP contribution in [0.2, 0.25) is 0 Å². The maximum absolute atomic E-state index is 3.60. The van der Waals surface area contributed by atoms with Gasteiger partial charge in [0.2, 0.25) is 0 Å². The van der Waals surface area contributed by atoms with Crippen LogP contribution < -0.4 is 5.32 Å². The number of hydrogen-bond donors (Lipinski definition) is 1. The average Bonchev–Trinajstić information content (AvgIpc) is 2.43. The van der Waals surface area contributed by atoms with Gasteiger partial charge in [-0.25, -0.2) is 0 Å². The lowest BCUT2D eigenvalue weighted by Crippen LogP contribution is -2.28. The Kier molecular flexibility index (Phi) is 3.86. The molecule has 21 heavy (non-hydrogen) atoms. The first-order valence-electron chi connectivity index (χ1n) is 7.92. The van der Waals surface area contributed by atoms with Crippen molar-refractivity contribution in [2.45, 2.75) is 45.1 Å². The summed E-state index contributed by atoms with van der Waals surface area (Å²) in [6.45, 7) is 8.82. The maximum atomic E-state index is 3.60. The Labute approximate surface area is 128 Å². The van der Waals surface area contributed by atoms with Gasteiger partial charge in [-0.1, -0.05) is 69.3 Å². The fourth-order valence-corrected chi connectivity index (χ4v) is 3.06. The summed E-state index contributed by atoms with van der Waals surface area (Å²) in [6, 6.07) is 17.8. The Balaban J connectivity index is 1.51. The molecule has 0 fully saturated rings. The van der Waals surface area contributed by atoms with Crippen molar-refractivity contribution in [3.63, 3.8) is 0 Å². The van der Waals surface area contributed by atoms with Gasteiger partial charge in [-0.05, 0) is 34.1 Å². The van der Waals surface area contributed by atoms with Crippen LogP contribution >= 0.6 is 0 Å². The molecule has 110 valence electrons. The summed E-state index contributed by atoms with van der Waals surface area (Å²) in [7, 11) is 0. The molecule has 2 aromatic carbocycles. The molecule has 1 aliphatic rings. The van der Waals surface area contributed by atoms with E-state index in [-0.39, 0.29) is 5.41 Å². The molecule has 0 saturated heterocycles. The summed E-state index contributed by atoms with van der Waals surface area (Å²) in [5.74, 6) is 0.704. The molecule has 0 radical (unpaired) electrons. The molecule has 0 spiro atoms. The highest BCUT2D eigenvalue weighted by Gasteiger charge is 2.24. The largest absolute Gasteiger partial charge is 0.312 e. The highest BCUT2D eigenvalue weighted by Crippen LogP contribution is 2.34. The Morgan fingerprint density at radius 2 is 1.71 bits per heavy atom. The Hall–Kier alpha value is -1.60. The molecule has 3 rings (SSSR count). The van der Waals surface area contributed by atoms with Gasteiger partial charge in [-0.2, -0.15) is 0 Å². The molecule has 1 unspecified atom stereocenters. The zero-order valence-electron chi connectivity index (χ0n) is 13.3. The smallest absolute Gasteiger partial charge is 0.0205 e. The third kappa shape index (κ3) is 3.19. The van der Waals surface area contributed by atoms with Crippen molar-refractivity contribution in [3.05, 3.63) is 70.8 Å². The van der Waals surface area contributed by atoms with Gasteiger partial charge in [-0.3, -0.25) is 0 Å². The van der Waals surface area contributed by atoms with Crippen molar-refractivity contribution in [2.75, 3.05) is 6.54 Å². The van der Waals surface area contributed by atoms with Crippen molar-refractivity contribution in [3.8, 4) is 0 Å². The van der Waals surface area contributed by atoms with Gasteiger partial charge in [0.05, 0.1) is 0 Å². The fraction of sp³-hybridized carbons (Fsp3) is 0.400. The SMILES string of the molecule is CC(C)(C)c1ccc(CNCC2Cc3ccccc32)cc1. The van der Waals surface area contributed by atoms with E-state index in [1.165, 1.54) is 28.7 Å². The number of rotatable bonds is 4. The summed E-state index contributed by atoms with van der Waals surface area (Å²) in [4.78, 5) is 0. The molecule has 2 aromatic rings. The van der Waals surface area contributed by atoms with Gasteiger partial charge < -0.3 is 5.32 Å². The fourth-order valence-electron chi connectivity index (χ4n) is 3.06. The first-order chi connectivity index (χ1) is 10.0. The van der Waals surface area contributed by atoms with E-state index in [9.17, 15) is 0 Å². The van der Waals surface area contributed by atoms with E-state index in [0.29, 0.717) is 5.92 Å². The van der Waals surface area contributed by atoms with Crippen molar-refractivity contribution in [1.82, 2.24) is 5.32 Å². The number of hydrogen-bond acceptors (Lipinski definition) is 1. The lowest BCUT2D eigenvalue weighted by Gasteiger charge is -2.30. The predicted octanol–water partition coefficient (Wildman–Crippen LogP) is 4.41. The molecule has 1 aliphatic carbocycles. The minimum atomic E-state index is 0.238. The lowest BCUT2D eigenvalue weighted by atomic mass is 9.77. The van der Waals surface area contributed by atoms with Crippen LogP contribution in [0, 0.1) is 0 Å². The molecule has 1 atom stereocenters. The third-order valence-electron chi connectivity index (χ3n) is 4.50. The monoisotopic (exact) mass is 279 g/mol. The zero-order valence-corrected chi connectivity index (χ0v) is 13.3. The summed E-state index contributed by atoms with van der Waals surface area (Å²) < 4.78 is 0. The van der Waals surface area contributed by atoms with Crippen LogP contribution in [0.15, 0.2) is 48.5 Å². The number of benzene rings is 2. The lowest BCUT2D eigenvalue weighted by molar-refractivity contribution is 0.535. The van der Waals surface area contributed by atoms with Crippen LogP contribution in [0.1, 0.15) is 48.9 Å². The second-order valence-electron chi connectivity index (χ2n) is 7.18. The van der Waals surface area contributed by atoms with Crippen molar-refractivity contribution in [1.29, 1.82) is 0 Å². The zero-order chi connectivity index (χ0) is 14.9. The van der Waals surface area contributed by atoms with Crippen molar-refractivity contribution in [2.24, 2.45) is 0 Å². The predicted molar refractivity (Wildman–Crippen MR) is 89.7 cm³/mol. The summed E-state index contributed by atoms with van der Waals surface area (Å²) in [6.07, 6.45) is 1.23. The van der Waals surface area contributed by atoms with Gasteiger partial charge in [0.1, 0.15) is 0 Å². The Bertz CT molecular complexity index is 604. The topological polar surface area (TPSA) is 12.0 Å². The van der Waals surface area contributed by atoms with Crippen LogP contribution in [0.25, 0.3) is 0 Å². The molecule has 1 N–H and O–H groups in total. The van der Waals surface area contributed by atoms with E-state index in [0.717, 1.165) is 13.1 Å². The van der Waals surface area contributed by atoms with Crippen molar-refractivity contribution >= 4 is 0 Å². The molecular formula is C20H25N. The molecular weight excluding hydrogens is 254 g/mol. The van der Waals surface area contributed by atoms with Gasteiger partial charge in [0, 0.05) is 19.0 Å². The van der Waals surface area contributed by atoms with Gasteiger partial charge in [0.15, 0.2) is 0 Å². The summed E-state index contributed by atoms with van der Waals surface area (Å²) in [5.41, 5.74) is 6.07. The number of fused-ring (bicyclic) bond motifs is 1. The van der Waals surface area contributed by atoms with Gasteiger partial charge in [-0.15, -0.1) is 0 Å². The quantitative estimate of drug-likeness (QED) is 0.874. The average molecular weight is 279 g/mol. The van der Waals surface area contributed by atoms with Crippen LogP contribution in [0.3, 0.4) is 0 Å². The summed E-state index contributed by atoms with van der Waals surface area (Å²) >= 11 is 0. The maximum Gasteiger partial charge on any atom is 0.0205 e. The highest BCUT2D eigenvalue weighted by atomic mass is 14.9. The minimum Gasteiger partial charge on any atom is -0.312 e. The van der Waals surface area contributed by atoms with E-state index < -0.39 is 0 Å². The van der Waals surface area contributed by atoms with Crippen LogP contribution in [0.4, 0.5) is 0 Å². The van der Waals surface area contributed by atoms with Crippen LogP contribution in [-0.4, -0.2) is 6.54 Å². The summed E-state index contributed by atoms with van der Waals surface area (Å²) in [5, 5.41) is 3.60. The molecule has 1 nitrogen and oxygen atoms in total. The molecule has 1 heteroatoms. The van der Waals surface area contributed by atoms with E-state index in [4.69, 9.17) is 0 Å². The molecule has 0 aliphatic heterocycles. The Morgan fingerprint density at radius 3 is 2.38 bits per heavy atom. The van der Waals surface area contributed by atoms with E-state index in [1.54, 1.807) is 0 Å². The van der Waals surface area contributed by atoms with E-state index in [1.807, 2.05) is 0 Å². The second kappa shape index (κ2) is 5.65. The first kappa shape index (κ1) is 14.3. The van der Waals surface area contributed by atoms with Gasteiger partial charge >= 0.3 is 0 Å². The van der Waals surface area contributed by atoms with E-state index >= 15 is 0 Å². The molecule has 0 aromatic heterocycles. The van der Waals surface area contributed by atoms with Gasteiger partial charge in [0.25, 0.3) is 0 Å². The van der Waals surface area contributed by atoms with Crippen LogP contribution in [-0.2, 0) is 18.4 Å².